The number of aromatic nitrogens is 1. The predicted molar refractivity (Wildman–Crippen MR) is 189 cm³/mol. The third-order valence-electron chi connectivity index (χ3n) is 7.83. The number of carbonyl (C=O) groups excluding carboxylic acids is 1. The van der Waals surface area contributed by atoms with Crippen LogP contribution in [0.25, 0.3) is 11.8 Å². The molecule has 0 aliphatic carbocycles. The van der Waals surface area contributed by atoms with Gasteiger partial charge in [0.25, 0.3) is 5.56 Å². The van der Waals surface area contributed by atoms with Crippen molar-refractivity contribution >= 4 is 52.3 Å². The standard InChI is InChI=1S/C38H32Cl2N2O4S/c1-4-45-37(44)33-34(26-10-6-5-7-11-26)41-38-42(35(33)27-15-13-25(14-16-27)23(2)3)36(43)32(47-38)21-28-20-30(40)17-18-31(28)46-22-24-9-8-12-29(39)19-24/h5-21,23,35H,4,22H2,1-3H3/t35-/m0/s1. The zero-order valence-electron chi connectivity index (χ0n) is 26.1. The Labute approximate surface area is 286 Å². The quantitative estimate of drug-likeness (QED) is 0.148. The molecule has 1 atom stereocenters. The van der Waals surface area contributed by atoms with Gasteiger partial charge in [-0.2, -0.15) is 0 Å². The second kappa shape index (κ2) is 14.1. The lowest BCUT2D eigenvalue weighted by Crippen LogP contribution is -2.40. The van der Waals surface area contributed by atoms with Gasteiger partial charge in [0, 0.05) is 21.2 Å². The van der Waals surface area contributed by atoms with Crippen molar-refractivity contribution in [3.8, 4) is 5.75 Å². The number of ether oxygens (including phenoxy) is 2. The summed E-state index contributed by atoms with van der Waals surface area (Å²) in [5.74, 6) is 0.353. The third-order valence-corrected chi connectivity index (χ3v) is 9.29. The van der Waals surface area contributed by atoms with Gasteiger partial charge in [-0.3, -0.25) is 9.36 Å². The fourth-order valence-corrected chi connectivity index (χ4v) is 6.90. The fraction of sp³-hybridized carbons (Fsp3) is 0.184. The molecular formula is C38H32Cl2N2O4S. The highest BCUT2D eigenvalue weighted by Gasteiger charge is 2.35. The summed E-state index contributed by atoms with van der Waals surface area (Å²) < 4.78 is 13.8. The highest BCUT2D eigenvalue weighted by Crippen LogP contribution is 2.36. The normalized spacial score (nSPS) is 14.6. The molecule has 0 amide bonds. The average molecular weight is 684 g/mol. The number of thiazole rings is 1. The summed E-state index contributed by atoms with van der Waals surface area (Å²) in [5, 5.41) is 1.12. The van der Waals surface area contributed by atoms with Crippen molar-refractivity contribution < 1.29 is 14.3 Å². The molecular weight excluding hydrogens is 651 g/mol. The van der Waals surface area contributed by atoms with E-state index in [1.165, 1.54) is 11.3 Å². The van der Waals surface area contributed by atoms with Gasteiger partial charge in [0.05, 0.1) is 28.5 Å². The number of nitrogens with zero attached hydrogens (tertiary/aromatic N) is 2. The summed E-state index contributed by atoms with van der Waals surface area (Å²) in [7, 11) is 0. The van der Waals surface area contributed by atoms with Gasteiger partial charge >= 0.3 is 5.97 Å². The van der Waals surface area contributed by atoms with E-state index >= 15 is 0 Å². The Bertz CT molecular complexity index is 2150. The van der Waals surface area contributed by atoms with Crippen molar-refractivity contribution in [1.82, 2.24) is 4.57 Å². The van der Waals surface area contributed by atoms with Crippen molar-refractivity contribution in [2.45, 2.75) is 39.3 Å². The maximum atomic E-state index is 14.4. The summed E-state index contributed by atoms with van der Waals surface area (Å²) >= 11 is 13.8. The van der Waals surface area contributed by atoms with Gasteiger partial charge in [-0.05, 0) is 65.9 Å². The van der Waals surface area contributed by atoms with E-state index < -0.39 is 12.0 Å². The van der Waals surface area contributed by atoms with Crippen molar-refractivity contribution in [2.75, 3.05) is 6.61 Å². The van der Waals surface area contributed by atoms with Gasteiger partial charge < -0.3 is 9.47 Å². The minimum atomic E-state index is -0.762. The van der Waals surface area contributed by atoms with Crippen LogP contribution in [0.4, 0.5) is 0 Å². The first kappa shape index (κ1) is 32.5. The molecule has 0 N–H and O–H groups in total. The van der Waals surface area contributed by atoms with Gasteiger partial charge in [-0.1, -0.05) is 115 Å². The zero-order valence-corrected chi connectivity index (χ0v) is 28.4. The molecule has 9 heteroatoms. The maximum absolute atomic E-state index is 14.4. The van der Waals surface area contributed by atoms with E-state index in [1.807, 2.05) is 72.8 Å². The van der Waals surface area contributed by atoms with Gasteiger partial charge in [0.1, 0.15) is 12.4 Å². The van der Waals surface area contributed by atoms with E-state index in [4.69, 9.17) is 37.7 Å². The Balaban J connectivity index is 1.54. The van der Waals surface area contributed by atoms with Gasteiger partial charge in [-0.25, -0.2) is 9.79 Å². The molecule has 1 aromatic heterocycles. The van der Waals surface area contributed by atoms with Crippen molar-refractivity contribution in [3.63, 3.8) is 0 Å². The van der Waals surface area contributed by atoms with E-state index in [1.54, 1.807) is 41.8 Å². The molecule has 1 aliphatic heterocycles. The lowest BCUT2D eigenvalue weighted by atomic mass is 9.91. The van der Waals surface area contributed by atoms with Crippen LogP contribution in [-0.2, 0) is 16.1 Å². The first-order valence-corrected chi connectivity index (χ1v) is 16.9. The molecule has 5 aromatic rings. The van der Waals surface area contributed by atoms with E-state index in [0.717, 1.165) is 22.3 Å². The number of fused-ring (bicyclic) bond motifs is 1. The summed E-state index contributed by atoms with van der Waals surface area (Å²) in [5.41, 5.74) is 4.71. The summed E-state index contributed by atoms with van der Waals surface area (Å²) in [6, 6.07) is 29.5. The molecule has 47 heavy (non-hydrogen) atoms. The highest BCUT2D eigenvalue weighted by molar-refractivity contribution is 7.07. The van der Waals surface area contributed by atoms with Crippen LogP contribution in [0.3, 0.4) is 0 Å². The van der Waals surface area contributed by atoms with Gasteiger partial charge in [0.15, 0.2) is 4.80 Å². The second-order valence-electron chi connectivity index (χ2n) is 11.4. The summed E-state index contributed by atoms with van der Waals surface area (Å²) in [4.78, 5) is 33.5. The molecule has 0 bridgehead atoms. The molecule has 6 nitrogen and oxygen atoms in total. The number of rotatable bonds is 9. The molecule has 0 radical (unpaired) electrons. The fourth-order valence-electron chi connectivity index (χ4n) is 5.51. The topological polar surface area (TPSA) is 69.9 Å². The van der Waals surface area contributed by atoms with Gasteiger partial charge in [-0.15, -0.1) is 0 Å². The lowest BCUT2D eigenvalue weighted by Gasteiger charge is -2.26. The highest BCUT2D eigenvalue weighted by atomic mass is 35.5. The van der Waals surface area contributed by atoms with E-state index in [-0.39, 0.29) is 18.8 Å². The smallest absolute Gasteiger partial charge is 0.338 e. The van der Waals surface area contributed by atoms with E-state index in [0.29, 0.717) is 47.9 Å². The first-order valence-electron chi connectivity index (χ1n) is 15.3. The van der Waals surface area contributed by atoms with E-state index in [9.17, 15) is 9.59 Å². The minimum Gasteiger partial charge on any atom is -0.488 e. The number of hydrogen-bond acceptors (Lipinski definition) is 6. The Morgan fingerprint density at radius 3 is 2.40 bits per heavy atom. The number of esters is 1. The van der Waals surface area contributed by atoms with Crippen LogP contribution >= 0.6 is 34.5 Å². The van der Waals surface area contributed by atoms with Crippen LogP contribution in [0.1, 0.15) is 60.5 Å². The second-order valence-corrected chi connectivity index (χ2v) is 13.2. The maximum Gasteiger partial charge on any atom is 0.338 e. The van der Waals surface area contributed by atoms with Crippen LogP contribution < -0.4 is 19.6 Å². The molecule has 2 heterocycles. The monoisotopic (exact) mass is 682 g/mol. The van der Waals surface area contributed by atoms with Crippen molar-refractivity contribution in [2.24, 2.45) is 4.99 Å². The molecule has 4 aromatic carbocycles. The number of carbonyl (C=O) groups is 1. The molecule has 0 unspecified atom stereocenters. The number of halogens is 2. The van der Waals surface area contributed by atoms with Crippen molar-refractivity contribution in [1.29, 1.82) is 0 Å². The molecule has 0 saturated carbocycles. The van der Waals surface area contributed by atoms with Crippen LogP contribution in [0.5, 0.6) is 5.75 Å². The Hall–Kier alpha value is -4.43. The first-order chi connectivity index (χ1) is 22.7. The van der Waals surface area contributed by atoms with Crippen LogP contribution in [0.2, 0.25) is 10.0 Å². The van der Waals surface area contributed by atoms with Crippen molar-refractivity contribution in [3.05, 3.63) is 160 Å². The van der Waals surface area contributed by atoms with Gasteiger partial charge in [0.2, 0.25) is 0 Å². The number of hydrogen-bond donors (Lipinski definition) is 0. The average Bonchev–Trinajstić information content (AvgIpc) is 3.38. The van der Waals surface area contributed by atoms with Crippen LogP contribution in [-0.4, -0.2) is 17.1 Å². The molecule has 238 valence electrons. The molecule has 6 rings (SSSR count). The minimum absolute atomic E-state index is 0.181. The largest absolute Gasteiger partial charge is 0.488 e. The third kappa shape index (κ3) is 6.98. The Kier molecular flexibility index (Phi) is 9.78. The molecule has 1 aliphatic rings. The molecule has 0 fully saturated rings. The van der Waals surface area contributed by atoms with Crippen LogP contribution in [0.15, 0.2) is 112 Å². The lowest BCUT2D eigenvalue weighted by molar-refractivity contribution is -0.138. The SMILES string of the molecule is CCOC(=O)C1=C(c2ccccc2)N=c2sc(=Cc3cc(Cl)ccc3OCc3cccc(Cl)c3)c(=O)n2[C@H]1c1ccc(C(C)C)cc1. The Morgan fingerprint density at radius 2 is 1.70 bits per heavy atom. The predicted octanol–water partition coefficient (Wildman–Crippen LogP) is 7.94. The summed E-state index contributed by atoms with van der Waals surface area (Å²) in [6.07, 6.45) is 1.76. The van der Waals surface area contributed by atoms with E-state index in [2.05, 4.69) is 13.8 Å². The molecule has 0 spiro atoms. The number of benzene rings is 4. The zero-order chi connectivity index (χ0) is 33.1. The van der Waals surface area contributed by atoms with Crippen LogP contribution in [0, 0.1) is 0 Å². The Morgan fingerprint density at radius 1 is 0.957 bits per heavy atom. The molecule has 0 saturated heterocycles. The summed E-state index contributed by atoms with van der Waals surface area (Å²) in [6.45, 7) is 6.47.